The SMILES string of the molecule is Ic1ccc(-c2c3nc(c(-c4ccc(I)cc4)c4ccc([nH]4)c(-c4ccc(I)cc4)c4nc(c(-c5ccncc5)c5ccc2[nH]5)C=C4)C=C3)cc1. The number of H-pyrrole nitrogens is 2. The van der Waals surface area contributed by atoms with Crippen molar-refractivity contribution in [3.05, 3.63) is 155 Å². The summed E-state index contributed by atoms with van der Waals surface area (Å²) in [5.74, 6) is 0. The lowest BCUT2D eigenvalue weighted by atomic mass is 10.0. The molecular weight excluding hydrogens is 967 g/mol. The molecule has 9 rings (SSSR count). The van der Waals surface area contributed by atoms with E-state index in [2.05, 4.69) is 204 Å². The summed E-state index contributed by atoms with van der Waals surface area (Å²) in [6.45, 7) is 0. The van der Waals surface area contributed by atoms with Gasteiger partial charge in [0.25, 0.3) is 0 Å². The lowest BCUT2D eigenvalue weighted by Gasteiger charge is -2.07. The number of benzene rings is 3. The van der Waals surface area contributed by atoms with Crippen molar-refractivity contribution in [2.24, 2.45) is 0 Å². The molecule has 0 saturated carbocycles. The standard InChI is InChI=1S/C43H26I3N5/c44-29-7-1-25(2-8-29)40-32-13-15-34(48-32)41(26-3-9-30(45)10-4-26)36-17-19-38(50-36)43(28-21-23-47-24-22-28)39-20-18-37(51-39)42(35-16-14-33(40)49-35)27-5-11-31(46)12-6-27/h1-24,48,51H. The van der Waals surface area contributed by atoms with Gasteiger partial charge < -0.3 is 9.97 Å². The lowest BCUT2D eigenvalue weighted by Crippen LogP contribution is -1.90. The summed E-state index contributed by atoms with van der Waals surface area (Å²) in [7, 11) is 0. The van der Waals surface area contributed by atoms with Crippen molar-refractivity contribution < 1.29 is 0 Å². The largest absolute Gasteiger partial charge is 0.354 e. The van der Waals surface area contributed by atoms with E-state index in [9.17, 15) is 0 Å². The van der Waals surface area contributed by atoms with Crippen LogP contribution in [0.15, 0.2) is 122 Å². The average Bonchev–Trinajstić information content (AvgIpc) is 3.99. The fourth-order valence-electron chi connectivity index (χ4n) is 6.79. The summed E-state index contributed by atoms with van der Waals surface area (Å²) in [4.78, 5) is 22.7. The maximum absolute atomic E-state index is 5.39. The van der Waals surface area contributed by atoms with Crippen LogP contribution >= 0.6 is 67.8 Å². The monoisotopic (exact) mass is 993 g/mol. The fraction of sp³-hybridized carbons (Fsp3) is 0. The molecule has 2 aliphatic rings. The molecule has 51 heavy (non-hydrogen) atoms. The Balaban J connectivity index is 1.47. The Hall–Kier alpha value is -4.40. The summed E-state index contributed by atoms with van der Waals surface area (Å²) < 4.78 is 3.54. The maximum Gasteiger partial charge on any atom is 0.0737 e. The first-order valence-electron chi connectivity index (χ1n) is 16.3. The van der Waals surface area contributed by atoms with Crippen molar-refractivity contribution in [3.63, 3.8) is 0 Å². The van der Waals surface area contributed by atoms with Crippen LogP contribution in [-0.2, 0) is 0 Å². The van der Waals surface area contributed by atoms with Gasteiger partial charge >= 0.3 is 0 Å². The molecule has 5 nitrogen and oxygen atoms in total. The highest BCUT2D eigenvalue weighted by atomic mass is 127. The molecule has 4 aromatic heterocycles. The quantitative estimate of drug-likeness (QED) is 0.173. The van der Waals surface area contributed by atoms with Gasteiger partial charge in [-0.3, -0.25) is 4.98 Å². The van der Waals surface area contributed by atoms with Gasteiger partial charge in [-0.05, 0) is 187 Å². The number of hydrogen-bond acceptors (Lipinski definition) is 3. The van der Waals surface area contributed by atoms with E-state index in [4.69, 9.17) is 9.97 Å². The Morgan fingerprint density at radius 3 is 0.902 bits per heavy atom. The Labute approximate surface area is 335 Å². The summed E-state index contributed by atoms with van der Waals surface area (Å²) in [5.41, 5.74) is 15.9. The molecule has 8 bridgehead atoms. The average molecular weight is 993 g/mol. The predicted octanol–water partition coefficient (Wildman–Crippen LogP) is 12.5. The van der Waals surface area contributed by atoms with Crippen molar-refractivity contribution in [1.29, 1.82) is 0 Å². The van der Waals surface area contributed by atoms with Crippen LogP contribution in [0.4, 0.5) is 0 Å². The first kappa shape index (κ1) is 32.5. The van der Waals surface area contributed by atoms with E-state index in [0.29, 0.717) is 0 Å². The van der Waals surface area contributed by atoms with E-state index >= 15 is 0 Å². The van der Waals surface area contributed by atoms with Crippen molar-refractivity contribution in [3.8, 4) is 44.5 Å². The summed E-state index contributed by atoms with van der Waals surface area (Å²) in [6.07, 6.45) is 12.2. The third-order valence-corrected chi connectivity index (χ3v) is 11.3. The molecule has 0 unspecified atom stereocenters. The van der Waals surface area contributed by atoms with Crippen LogP contribution in [0.1, 0.15) is 22.8 Å². The Morgan fingerprint density at radius 2 is 0.608 bits per heavy atom. The van der Waals surface area contributed by atoms with E-state index in [1.165, 1.54) is 10.7 Å². The van der Waals surface area contributed by atoms with E-state index in [1.807, 2.05) is 24.5 Å². The van der Waals surface area contributed by atoms with Gasteiger partial charge in [0.1, 0.15) is 0 Å². The van der Waals surface area contributed by atoms with Crippen molar-refractivity contribution >= 4 is 114 Å². The zero-order valence-corrected chi connectivity index (χ0v) is 33.3. The first-order valence-corrected chi connectivity index (χ1v) is 19.6. The van der Waals surface area contributed by atoms with Crippen LogP contribution in [0.2, 0.25) is 0 Å². The smallest absolute Gasteiger partial charge is 0.0737 e. The molecular formula is C43H26I3N5. The molecule has 3 aromatic carbocycles. The molecule has 0 amide bonds. The van der Waals surface area contributed by atoms with Gasteiger partial charge in [-0.25, -0.2) is 9.97 Å². The van der Waals surface area contributed by atoms with Crippen LogP contribution in [0.25, 0.3) is 90.9 Å². The number of hydrogen-bond donors (Lipinski definition) is 2. The van der Waals surface area contributed by atoms with Crippen LogP contribution < -0.4 is 0 Å². The minimum atomic E-state index is 0.877. The molecule has 8 heteroatoms. The molecule has 0 atom stereocenters. The Morgan fingerprint density at radius 1 is 0.333 bits per heavy atom. The van der Waals surface area contributed by atoms with Gasteiger partial charge in [0.2, 0.25) is 0 Å². The molecule has 0 radical (unpaired) electrons. The minimum Gasteiger partial charge on any atom is -0.354 e. The van der Waals surface area contributed by atoms with Crippen molar-refractivity contribution in [2.45, 2.75) is 0 Å². The van der Waals surface area contributed by atoms with Gasteiger partial charge in [-0.15, -0.1) is 0 Å². The summed E-state index contributed by atoms with van der Waals surface area (Å²) in [6, 6.07) is 38.6. The van der Waals surface area contributed by atoms with E-state index in [0.717, 1.165) is 89.4 Å². The number of aromatic nitrogens is 5. The highest BCUT2D eigenvalue weighted by Gasteiger charge is 2.19. The van der Waals surface area contributed by atoms with Gasteiger partial charge in [0.15, 0.2) is 0 Å². The number of nitrogens with one attached hydrogen (secondary N) is 2. The topological polar surface area (TPSA) is 70.2 Å². The third kappa shape index (κ3) is 6.27. The van der Waals surface area contributed by atoms with E-state index in [-0.39, 0.29) is 0 Å². The number of fused-ring (bicyclic) bond motifs is 8. The Kier molecular flexibility index (Phi) is 8.68. The van der Waals surface area contributed by atoms with E-state index < -0.39 is 0 Å². The molecule has 0 saturated heterocycles. The van der Waals surface area contributed by atoms with Crippen molar-refractivity contribution in [2.75, 3.05) is 0 Å². The van der Waals surface area contributed by atoms with Crippen LogP contribution in [0, 0.1) is 10.7 Å². The first-order chi connectivity index (χ1) is 25.0. The summed E-state index contributed by atoms with van der Waals surface area (Å²) in [5, 5.41) is 0. The second kappa shape index (κ2) is 13.6. The number of nitrogens with zero attached hydrogens (tertiary/aromatic N) is 3. The maximum atomic E-state index is 5.39. The number of rotatable bonds is 4. The predicted molar refractivity (Wildman–Crippen MR) is 237 cm³/mol. The van der Waals surface area contributed by atoms with Crippen molar-refractivity contribution in [1.82, 2.24) is 24.9 Å². The molecule has 7 aromatic rings. The van der Waals surface area contributed by atoms with Crippen LogP contribution in [-0.4, -0.2) is 24.9 Å². The molecule has 2 aliphatic heterocycles. The minimum absolute atomic E-state index is 0.877. The second-order valence-corrected chi connectivity index (χ2v) is 16.0. The normalized spacial score (nSPS) is 12.1. The van der Waals surface area contributed by atoms with Gasteiger partial charge in [-0.2, -0.15) is 0 Å². The molecule has 244 valence electrons. The fourth-order valence-corrected chi connectivity index (χ4v) is 7.87. The molecule has 6 heterocycles. The Bertz CT molecular complexity index is 2650. The third-order valence-electron chi connectivity index (χ3n) is 9.12. The van der Waals surface area contributed by atoms with Crippen LogP contribution in [0.3, 0.4) is 0 Å². The molecule has 0 fully saturated rings. The number of halogens is 3. The highest BCUT2D eigenvalue weighted by Crippen LogP contribution is 2.38. The van der Waals surface area contributed by atoms with Crippen LogP contribution in [0.5, 0.6) is 0 Å². The van der Waals surface area contributed by atoms with Gasteiger partial charge in [0, 0.05) is 67.4 Å². The zero-order chi connectivity index (χ0) is 34.5. The van der Waals surface area contributed by atoms with Gasteiger partial charge in [-0.1, -0.05) is 36.4 Å². The molecule has 2 N–H and O–H groups in total. The highest BCUT2D eigenvalue weighted by molar-refractivity contribution is 14.1. The number of pyridine rings is 1. The lowest BCUT2D eigenvalue weighted by molar-refractivity contribution is 1.30. The summed E-state index contributed by atoms with van der Waals surface area (Å²) >= 11 is 7.08. The number of aromatic amines is 2. The van der Waals surface area contributed by atoms with E-state index in [1.54, 1.807) is 0 Å². The second-order valence-electron chi connectivity index (χ2n) is 12.3. The zero-order valence-electron chi connectivity index (χ0n) is 26.8. The van der Waals surface area contributed by atoms with Gasteiger partial charge in [0.05, 0.1) is 22.8 Å². The molecule has 0 spiro atoms. The molecule has 0 aliphatic carbocycles.